The second kappa shape index (κ2) is 9.25. The van der Waals surface area contributed by atoms with Crippen LogP contribution in [0.2, 0.25) is 0 Å². The minimum atomic E-state index is -0.221. The number of benzene rings is 1. The summed E-state index contributed by atoms with van der Waals surface area (Å²) < 4.78 is 19.0. The van der Waals surface area contributed by atoms with Gasteiger partial charge in [0, 0.05) is 25.0 Å². The van der Waals surface area contributed by atoms with Crippen molar-refractivity contribution >= 4 is 5.91 Å². The Morgan fingerprint density at radius 2 is 1.68 bits per heavy atom. The molecular formula is C23H33FN2O2. The maximum Gasteiger partial charge on any atom is 0.223 e. The van der Waals surface area contributed by atoms with E-state index in [1.165, 1.54) is 37.9 Å². The average molecular weight is 389 g/mol. The first-order chi connectivity index (χ1) is 13.7. The SMILES string of the molecule is O=C(NC1CCC(CCN2CCC(Oc3ccc(F)cc3)CC2)CC1)C1CC1. The highest BCUT2D eigenvalue weighted by Crippen LogP contribution is 2.31. The lowest BCUT2D eigenvalue weighted by molar-refractivity contribution is -0.123. The third-order valence-corrected chi connectivity index (χ3v) is 6.65. The number of hydrogen-bond donors (Lipinski definition) is 1. The molecule has 5 heteroatoms. The second-order valence-corrected chi connectivity index (χ2v) is 8.90. The number of nitrogens with zero attached hydrogens (tertiary/aromatic N) is 1. The smallest absolute Gasteiger partial charge is 0.223 e. The number of amides is 1. The number of ether oxygens (including phenoxy) is 1. The number of carbonyl (C=O) groups excluding carboxylic acids is 1. The Hall–Kier alpha value is -1.62. The van der Waals surface area contributed by atoms with Crippen LogP contribution in [0.3, 0.4) is 0 Å². The second-order valence-electron chi connectivity index (χ2n) is 8.90. The van der Waals surface area contributed by atoms with Crippen LogP contribution in [0.25, 0.3) is 0 Å². The summed E-state index contributed by atoms with van der Waals surface area (Å²) in [6.07, 6.45) is 10.6. The van der Waals surface area contributed by atoms with Gasteiger partial charge in [-0.2, -0.15) is 0 Å². The Balaban J connectivity index is 1.09. The zero-order chi connectivity index (χ0) is 19.3. The van der Waals surface area contributed by atoms with Crippen molar-refractivity contribution in [3.63, 3.8) is 0 Å². The first-order valence-corrected chi connectivity index (χ1v) is 11.1. The largest absolute Gasteiger partial charge is 0.490 e. The first kappa shape index (κ1) is 19.7. The molecule has 0 aromatic heterocycles. The molecule has 154 valence electrons. The number of halogens is 1. The number of carbonyl (C=O) groups is 1. The maximum atomic E-state index is 13.0. The zero-order valence-electron chi connectivity index (χ0n) is 16.7. The summed E-state index contributed by atoms with van der Waals surface area (Å²) in [6, 6.07) is 6.76. The lowest BCUT2D eigenvalue weighted by Crippen LogP contribution is -2.40. The van der Waals surface area contributed by atoms with E-state index < -0.39 is 0 Å². The van der Waals surface area contributed by atoms with Crippen molar-refractivity contribution in [2.75, 3.05) is 19.6 Å². The highest BCUT2D eigenvalue weighted by atomic mass is 19.1. The van der Waals surface area contributed by atoms with Gasteiger partial charge in [-0.05, 0) is 94.5 Å². The predicted molar refractivity (Wildman–Crippen MR) is 108 cm³/mol. The Kier molecular flexibility index (Phi) is 6.50. The van der Waals surface area contributed by atoms with Crippen molar-refractivity contribution < 1.29 is 13.9 Å². The molecule has 2 saturated carbocycles. The van der Waals surface area contributed by atoms with E-state index in [0.29, 0.717) is 17.9 Å². The molecule has 0 bridgehead atoms. The summed E-state index contributed by atoms with van der Waals surface area (Å²) in [5, 5.41) is 3.25. The Bertz CT molecular complexity index is 631. The fourth-order valence-corrected chi connectivity index (χ4v) is 4.58. The molecule has 0 radical (unpaired) electrons. The summed E-state index contributed by atoms with van der Waals surface area (Å²) in [7, 11) is 0. The van der Waals surface area contributed by atoms with Crippen LogP contribution in [0.5, 0.6) is 5.75 Å². The topological polar surface area (TPSA) is 41.6 Å². The van der Waals surface area contributed by atoms with Gasteiger partial charge in [0.1, 0.15) is 17.7 Å². The molecule has 1 aliphatic heterocycles. The fraction of sp³-hybridized carbons (Fsp3) is 0.696. The Morgan fingerprint density at radius 3 is 2.32 bits per heavy atom. The highest BCUT2D eigenvalue weighted by molar-refractivity contribution is 5.81. The van der Waals surface area contributed by atoms with Gasteiger partial charge in [-0.3, -0.25) is 4.79 Å². The molecule has 3 fully saturated rings. The number of piperidine rings is 1. The van der Waals surface area contributed by atoms with E-state index in [1.807, 2.05) is 0 Å². The van der Waals surface area contributed by atoms with Gasteiger partial charge in [-0.25, -0.2) is 4.39 Å². The minimum absolute atomic E-state index is 0.221. The van der Waals surface area contributed by atoms with Crippen LogP contribution in [0.1, 0.15) is 57.8 Å². The lowest BCUT2D eigenvalue weighted by atomic mass is 9.84. The normalized spacial score (nSPS) is 26.8. The quantitative estimate of drug-likeness (QED) is 0.763. The fourth-order valence-electron chi connectivity index (χ4n) is 4.58. The van der Waals surface area contributed by atoms with E-state index in [-0.39, 0.29) is 11.9 Å². The van der Waals surface area contributed by atoms with Crippen molar-refractivity contribution in [1.29, 1.82) is 0 Å². The summed E-state index contributed by atoms with van der Waals surface area (Å²) in [5.74, 6) is 1.98. The van der Waals surface area contributed by atoms with Gasteiger partial charge in [0.25, 0.3) is 0 Å². The molecule has 28 heavy (non-hydrogen) atoms. The molecule has 1 aromatic rings. The zero-order valence-corrected chi connectivity index (χ0v) is 16.7. The van der Waals surface area contributed by atoms with Crippen molar-refractivity contribution in [2.24, 2.45) is 11.8 Å². The number of rotatable bonds is 7. The highest BCUT2D eigenvalue weighted by Gasteiger charge is 2.32. The van der Waals surface area contributed by atoms with E-state index in [1.54, 1.807) is 12.1 Å². The first-order valence-electron chi connectivity index (χ1n) is 11.1. The maximum absolute atomic E-state index is 13.0. The van der Waals surface area contributed by atoms with Crippen LogP contribution in [0, 0.1) is 17.7 Å². The molecule has 2 aliphatic carbocycles. The molecule has 1 heterocycles. The van der Waals surface area contributed by atoms with Crippen molar-refractivity contribution in [3.8, 4) is 5.75 Å². The minimum Gasteiger partial charge on any atom is -0.490 e. The van der Waals surface area contributed by atoms with Crippen LogP contribution >= 0.6 is 0 Å². The average Bonchev–Trinajstić information content (AvgIpc) is 3.56. The molecule has 1 amide bonds. The molecule has 0 spiro atoms. The molecule has 0 unspecified atom stereocenters. The van der Waals surface area contributed by atoms with Crippen LogP contribution < -0.4 is 10.1 Å². The number of likely N-dealkylation sites (tertiary alicyclic amines) is 1. The summed E-state index contributed by atoms with van der Waals surface area (Å²) in [6.45, 7) is 3.34. The molecular weight excluding hydrogens is 355 g/mol. The van der Waals surface area contributed by atoms with E-state index >= 15 is 0 Å². The van der Waals surface area contributed by atoms with Gasteiger partial charge >= 0.3 is 0 Å². The third kappa shape index (κ3) is 5.69. The molecule has 1 N–H and O–H groups in total. The van der Waals surface area contributed by atoms with Gasteiger partial charge < -0.3 is 15.0 Å². The summed E-state index contributed by atoms with van der Waals surface area (Å²) in [5.41, 5.74) is 0. The monoisotopic (exact) mass is 388 g/mol. The molecule has 0 atom stereocenters. The molecule has 3 aliphatic rings. The van der Waals surface area contributed by atoms with Crippen molar-refractivity contribution in [3.05, 3.63) is 30.1 Å². The molecule has 4 rings (SSSR count). The van der Waals surface area contributed by atoms with E-state index in [4.69, 9.17) is 4.74 Å². The Morgan fingerprint density at radius 1 is 1.00 bits per heavy atom. The molecule has 1 aromatic carbocycles. The van der Waals surface area contributed by atoms with Gasteiger partial charge in [-0.1, -0.05) is 0 Å². The lowest BCUT2D eigenvalue weighted by Gasteiger charge is -2.34. The number of nitrogens with one attached hydrogen (secondary N) is 1. The Labute approximate surface area is 167 Å². The summed E-state index contributed by atoms with van der Waals surface area (Å²) in [4.78, 5) is 14.5. The van der Waals surface area contributed by atoms with E-state index in [2.05, 4.69) is 10.2 Å². The van der Waals surface area contributed by atoms with Crippen LogP contribution in [-0.2, 0) is 4.79 Å². The van der Waals surface area contributed by atoms with Crippen LogP contribution in [0.15, 0.2) is 24.3 Å². The van der Waals surface area contributed by atoms with Crippen molar-refractivity contribution in [1.82, 2.24) is 10.2 Å². The van der Waals surface area contributed by atoms with Gasteiger partial charge in [-0.15, -0.1) is 0 Å². The third-order valence-electron chi connectivity index (χ3n) is 6.65. The van der Waals surface area contributed by atoms with Gasteiger partial charge in [0.05, 0.1) is 0 Å². The summed E-state index contributed by atoms with van der Waals surface area (Å²) >= 11 is 0. The van der Waals surface area contributed by atoms with Gasteiger partial charge in [0.15, 0.2) is 0 Å². The molecule has 1 saturated heterocycles. The standard InChI is InChI=1S/C23H33FN2O2/c24-19-5-9-21(10-6-19)28-22-12-15-26(16-13-22)14-11-17-1-7-20(8-2-17)25-23(27)18-3-4-18/h5-6,9-10,17-18,20,22H,1-4,7-8,11-16H2,(H,25,27). The predicted octanol–water partition coefficient (Wildman–Crippen LogP) is 4.14. The van der Waals surface area contributed by atoms with Crippen LogP contribution in [-0.4, -0.2) is 42.6 Å². The van der Waals surface area contributed by atoms with E-state index in [0.717, 1.165) is 63.3 Å². The van der Waals surface area contributed by atoms with Gasteiger partial charge in [0.2, 0.25) is 5.91 Å². The van der Waals surface area contributed by atoms with E-state index in [9.17, 15) is 9.18 Å². The number of hydrogen-bond acceptors (Lipinski definition) is 3. The molecule has 4 nitrogen and oxygen atoms in total. The van der Waals surface area contributed by atoms with Crippen molar-refractivity contribution in [2.45, 2.75) is 69.9 Å². The van der Waals surface area contributed by atoms with Crippen LogP contribution in [0.4, 0.5) is 4.39 Å².